The summed E-state index contributed by atoms with van der Waals surface area (Å²) in [6.07, 6.45) is 2.98. The van der Waals surface area contributed by atoms with Crippen LogP contribution in [0.2, 0.25) is 0 Å². The van der Waals surface area contributed by atoms with E-state index < -0.39 is 17.7 Å². The highest BCUT2D eigenvalue weighted by Crippen LogP contribution is 2.43. The molecule has 4 atom stereocenters. The summed E-state index contributed by atoms with van der Waals surface area (Å²) in [5.74, 6) is 1.82. The summed E-state index contributed by atoms with van der Waals surface area (Å²) >= 11 is 0. The fourth-order valence-electron chi connectivity index (χ4n) is 8.41. The van der Waals surface area contributed by atoms with Crippen molar-refractivity contribution >= 4 is 39.9 Å². The number of nitrogens with zero attached hydrogens (tertiary/aromatic N) is 4. The quantitative estimate of drug-likeness (QED) is 0.143. The third-order valence-electron chi connectivity index (χ3n) is 11.1. The Morgan fingerprint density at radius 3 is 2.60 bits per heavy atom. The molecule has 0 bridgehead atoms. The number of amides is 3. The van der Waals surface area contributed by atoms with Crippen molar-refractivity contribution in [3.63, 3.8) is 0 Å². The smallest absolute Gasteiger partial charge is 0.410 e. The van der Waals surface area contributed by atoms with E-state index in [-0.39, 0.29) is 36.1 Å². The van der Waals surface area contributed by atoms with Gasteiger partial charge in [0.1, 0.15) is 35.6 Å². The maximum atomic E-state index is 14.0. The van der Waals surface area contributed by atoms with Crippen LogP contribution >= 0.6 is 0 Å². The monoisotopic (exact) mass is 777 g/mol. The van der Waals surface area contributed by atoms with E-state index in [9.17, 15) is 14.4 Å². The second-order valence-corrected chi connectivity index (χ2v) is 16.5. The van der Waals surface area contributed by atoms with Gasteiger partial charge in [0.2, 0.25) is 5.91 Å². The van der Waals surface area contributed by atoms with Gasteiger partial charge in [-0.05, 0) is 92.8 Å². The first-order valence-electron chi connectivity index (χ1n) is 19.9. The minimum Gasteiger partial charge on any atom is -0.488 e. The van der Waals surface area contributed by atoms with Crippen molar-refractivity contribution in [1.82, 2.24) is 35.1 Å². The predicted molar refractivity (Wildman–Crippen MR) is 215 cm³/mol. The van der Waals surface area contributed by atoms with E-state index >= 15 is 0 Å². The van der Waals surface area contributed by atoms with Gasteiger partial charge in [-0.3, -0.25) is 9.69 Å². The van der Waals surface area contributed by atoms with Gasteiger partial charge in [0, 0.05) is 37.1 Å². The Kier molecular flexibility index (Phi) is 10.1. The molecule has 2 aromatic heterocycles. The maximum Gasteiger partial charge on any atom is 0.410 e. The van der Waals surface area contributed by atoms with E-state index in [1.165, 1.54) is 7.11 Å². The number of H-pyrrole nitrogens is 2. The molecule has 5 heterocycles. The lowest BCUT2D eigenvalue weighted by atomic mass is 9.92. The largest absolute Gasteiger partial charge is 0.488 e. The number of carbonyl (C=O) groups is 3. The van der Waals surface area contributed by atoms with Crippen molar-refractivity contribution in [2.75, 3.05) is 26.8 Å². The van der Waals surface area contributed by atoms with E-state index in [4.69, 9.17) is 28.9 Å². The Hall–Kier alpha value is -5.63. The zero-order chi connectivity index (χ0) is 40.2. The number of likely N-dealkylation sites (tertiary alicyclic amines) is 2. The topological polar surface area (TPSA) is 164 Å². The first-order valence-corrected chi connectivity index (χ1v) is 19.9. The van der Waals surface area contributed by atoms with Gasteiger partial charge in [-0.2, -0.15) is 0 Å². The van der Waals surface area contributed by atoms with Gasteiger partial charge in [-0.1, -0.05) is 32.0 Å². The molecule has 3 aromatic carbocycles. The molecule has 0 unspecified atom stereocenters. The van der Waals surface area contributed by atoms with Crippen molar-refractivity contribution in [3.05, 3.63) is 65.9 Å². The number of ether oxygens (including phenoxy) is 4. The van der Waals surface area contributed by atoms with Gasteiger partial charge in [0.05, 0.1) is 48.2 Å². The van der Waals surface area contributed by atoms with Gasteiger partial charge >= 0.3 is 12.2 Å². The number of imidazole rings is 2. The summed E-state index contributed by atoms with van der Waals surface area (Å²) in [5.41, 5.74) is 6.09. The zero-order valence-corrected chi connectivity index (χ0v) is 33.6. The molecular weight excluding hydrogens is 727 g/mol. The number of nitrogens with one attached hydrogen (secondary N) is 3. The molecule has 0 radical (unpaired) electrons. The van der Waals surface area contributed by atoms with Crippen molar-refractivity contribution in [1.29, 1.82) is 0 Å². The number of aromatic nitrogens is 4. The summed E-state index contributed by atoms with van der Waals surface area (Å²) in [6.45, 7) is 13.3. The molecule has 14 heteroatoms. The normalized spacial score (nSPS) is 19.8. The fourth-order valence-corrected chi connectivity index (χ4v) is 8.41. The average Bonchev–Trinajstić information content (AvgIpc) is 4.01. The first kappa shape index (κ1) is 38.3. The fraction of sp³-hybridized carbons (Fsp3) is 0.465. The molecule has 3 aliphatic rings. The molecule has 300 valence electrons. The number of alkyl carbamates (subject to hydrolysis) is 1. The zero-order valence-electron chi connectivity index (χ0n) is 33.6. The molecule has 3 N–H and O–H groups in total. The highest BCUT2D eigenvalue weighted by Gasteiger charge is 2.42. The molecular formula is C43H51N7O7. The number of aromatic amines is 2. The number of benzene rings is 3. The lowest BCUT2D eigenvalue weighted by molar-refractivity contribution is -0.136. The maximum absolute atomic E-state index is 14.0. The number of carbonyl (C=O) groups excluding carboxylic acids is 3. The van der Waals surface area contributed by atoms with Crippen LogP contribution < -0.4 is 10.1 Å². The lowest BCUT2D eigenvalue weighted by Crippen LogP contribution is -2.51. The second-order valence-electron chi connectivity index (χ2n) is 16.5. The standard InChI is InChI=1S/C43H51N7O7/c1-8-55-27-18-34(50(21-27)40(51)36(23(2)3)48-41(52)54-7)39-45-31-14-12-24-17-30-28-13-11-25(16-26(28)22-56-35(30)19-29(24)37(31)47-39)32-20-44-38(46-32)33-10-9-15-49(33)42(53)57-43(4,5)6/h11-14,16-17,19-20,23,27,33-34,36H,8-10,15,18,21-22H2,1-7H3,(H,44,46)(H,45,47)(H,48,52)/t27-,33-,34-,36-/m0/s1. The first-order chi connectivity index (χ1) is 27.3. The minimum absolute atomic E-state index is 0.161. The third-order valence-corrected chi connectivity index (χ3v) is 11.1. The molecule has 2 fully saturated rings. The molecule has 57 heavy (non-hydrogen) atoms. The van der Waals surface area contributed by atoms with Gasteiger partial charge in [-0.25, -0.2) is 19.6 Å². The van der Waals surface area contributed by atoms with Crippen LogP contribution in [0.4, 0.5) is 9.59 Å². The van der Waals surface area contributed by atoms with Gasteiger partial charge in [0.25, 0.3) is 0 Å². The van der Waals surface area contributed by atoms with Crippen LogP contribution in [-0.4, -0.2) is 92.4 Å². The Balaban J connectivity index is 1.06. The summed E-state index contributed by atoms with van der Waals surface area (Å²) in [6, 6.07) is 13.4. The molecule has 0 aliphatic carbocycles. The number of methoxy groups -OCH3 is 1. The second kappa shape index (κ2) is 15.0. The molecule has 0 saturated carbocycles. The van der Waals surface area contributed by atoms with Crippen LogP contribution in [0.15, 0.2) is 48.7 Å². The predicted octanol–water partition coefficient (Wildman–Crippen LogP) is 7.80. The van der Waals surface area contributed by atoms with Crippen LogP contribution in [0.1, 0.15) is 90.1 Å². The molecule has 3 aliphatic heterocycles. The number of hydrogen-bond donors (Lipinski definition) is 3. The van der Waals surface area contributed by atoms with E-state index in [0.29, 0.717) is 38.5 Å². The van der Waals surface area contributed by atoms with Crippen LogP contribution in [0.3, 0.4) is 0 Å². The average molecular weight is 778 g/mol. The Bertz CT molecular complexity index is 2340. The van der Waals surface area contributed by atoms with Crippen LogP contribution in [0.5, 0.6) is 5.75 Å². The highest BCUT2D eigenvalue weighted by molar-refractivity contribution is 6.07. The summed E-state index contributed by atoms with van der Waals surface area (Å²) in [4.78, 5) is 59.5. The van der Waals surface area contributed by atoms with E-state index in [1.807, 2.05) is 53.8 Å². The molecule has 2 saturated heterocycles. The van der Waals surface area contributed by atoms with Crippen LogP contribution in [0.25, 0.3) is 44.2 Å². The van der Waals surface area contributed by atoms with E-state index in [2.05, 4.69) is 51.7 Å². The molecule has 14 nitrogen and oxygen atoms in total. The summed E-state index contributed by atoms with van der Waals surface area (Å²) < 4.78 is 22.9. The van der Waals surface area contributed by atoms with Gasteiger partial charge < -0.3 is 39.1 Å². The molecule has 0 spiro atoms. The number of hydrogen-bond acceptors (Lipinski definition) is 9. The molecule has 3 amide bonds. The van der Waals surface area contributed by atoms with Gasteiger partial charge in [-0.15, -0.1) is 0 Å². The SMILES string of the molecule is CCO[C@H]1C[C@@H](c2nc3c(ccc4cc5c(cc43)OCc3cc(-c4cnc([C@@H]6CCCN6C(=O)OC(C)(C)C)[nH]4)ccc3-5)[nH]2)N(C(=O)[C@@H](NC(=O)OC)C(C)C)C1. The molecule has 8 rings (SSSR count). The third kappa shape index (κ3) is 7.38. The van der Waals surface area contributed by atoms with Crippen molar-refractivity contribution in [3.8, 4) is 28.1 Å². The van der Waals surface area contributed by atoms with Crippen molar-refractivity contribution in [2.24, 2.45) is 5.92 Å². The Labute approximate surface area is 331 Å². The Morgan fingerprint density at radius 2 is 1.84 bits per heavy atom. The Morgan fingerprint density at radius 1 is 1.02 bits per heavy atom. The lowest BCUT2D eigenvalue weighted by Gasteiger charge is -2.29. The minimum atomic E-state index is -0.765. The van der Waals surface area contributed by atoms with Crippen LogP contribution in [-0.2, 0) is 25.6 Å². The summed E-state index contributed by atoms with van der Waals surface area (Å²) in [7, 11) is 1.29. The van der Waals surface area contributed by atoms with Crippen molar-refractivity contribution < 1.29 is 33.3 Å². The summed E-state index contributed by atoms with van der Waals surface area (Å²) in [5, 5.41) is 4.68. The number of rotatable bonds is 8. The van der Waals surface area contributed by atoms with E-state index in [0.717, 1.165) is 74.2 Å². The highest BCUT2D eigenvalue weighted by atomic mass is 16.6. The van der Waals surface area contributed by atoms with Gasteiger partial charge in [0.15, 0.2) is 0 Å². The van der Waals surface area contributed by atoms with E-state index in [1.54, 1.807) is 9.80 Å². The molecule has 5 aromatic rings. The van der Waals surface area contributed by atoms with Crippen molar-refractivity contribution in [2.45, 2.75) is 97.2 Å². The number of fused-ring (bicyclic) bond motifs is 6. The van der Waals surface area contributed by atoms with Crippen LogP contribution in [0, 0.1) is 5.92 Å².